The lowest BCUT2D eigenvalue weighted by Crippen LogP contribution is -2.39. The van der Waals surface area contributed by atoms with E-state index in [9.17, 15) is 14.9 Å². The topological polar surface area (TPSA) is 107 Å². The fourth-order valence-corrected chi connectivity index (χ4v) is 3.18. The van der Waals surface area contributed by atoms with Gasteiger partial charge < -0.3 is 10.1 Å². The molecule has 1 aromatic heterocycles. The third-order valence-electron chi connectivity index (χ3n) is 4.28. The van der Waals surface area contributed by atoms with Crippen molar-refractivity contribution in [3.05, 3.63) is 56.3 Å². The number of amides is 1. The number of aromatic nitrogens is 2. The number of nitrogens with one attached hydrogen (secondary N) is 1. The molecule has 0 atom stereocenters. The van der Waals surface area contributed by atoms with E-state index in [1.54, 1.807) is 0 Å². The average molecular weight is 411 g/mol. The molecule has 1 aromatic carbocycles. The number of nitro benzene ring substituents is 1. The molecule has 1 aliphatic rings. The quantitative estimate of drug-likeness (QED) is 0.592. The van der Waals surface area contributed by atoms with E-state index in [0.29, 0.717) is 5.02 Å². The Morgan fingerprint density at radius 1 is 1.19 bits per heavy atom. The van der Waals surface area contributed by atoms with Crippen molar-refractivity contribution in [3.8, 4) is 6.01 Å². The number of carbonyl (C=O) groups is 1. The summed E-state index contributed by atoms with van der Waals surface area (Å²) in [5.41, 5.74) is -0.0802. The van der Waals surface area contributed by atoms with Crippen LogP contribution in [-0.2, 0) is 0 Å². The second kappa shape index (κ2) is 8.49. The normalized spacial score (nSPS) is 19.3. The largest absolute Gasteiger partial charge is 0.460 e. The van der Waals surface area contributed by atoms with Crippen LogP contribution < -0.4 is 10.1 Å². The Kier molecular flexibility index (Phi) is 6.08. The maximum absolute atomic E-state index is 12.4. The van der Waals surface area contributed by atoms with Gasteiger partial charge in [-0.2, -0.15) is 0 Å². The molecule has 1 fully saturated rings. The molecule has 0 radical (unpaired) electrons. The van der Waals surface area contributed by atoms with E-state index in [1.165, 1.54) is 30.6 Å². The fourth-order valence-electron chi connectivity index (χ4n) is 2.90. The van der Waals surface area contributed by atoms with Crippen molar-refractivity contribution < 1.29 is 14.5 Å². The van der Waals surface area contributed by atoms with Gasteiger partial charge in [0.1, 0.15) is 11.1 Å². The van der Waals surface area contributed by atoms with Crippen LogP contribution in [0.1, 0.15) is 36.0 Å². The predicted octanol–water partition coefficient (Wildman–Crippen LogP) is 3.81. The summed E-state index contributed by atoms with van der Waals surface area (Å²) >= 11 is 11.5. The van der Waals surface area contributed by atoms with Crippen LogP contribution >= 0.6 is 23.2 Å². The Labute approximate surface area is 165 Å². The van der Waals surface area contributed by atoms with Crippen molar-refractivity contribution in [3.63, 3.8) is 0 Å². The Morgan fingerprint density at radius 3 is 2.48 bits per heavy atom. The molecule has 142 valence electrons. The molecule has 1 aliphatic carbocycles. The van der Waals surface area contributed by atoms with E-state index in [2.05, 4.69) is 15.3 Å². The highest BCUT2D eigenvalue weighted by atomic mass is 35.5. The van der Waals surface area contributed by atoms with Gasteiger partial charge in [-0.25, -0.2) is 9.97 Å². The molecule has 1 heterocycles. The molecular formula is C17H16Cl2N4O4. The van der Waals surface area contributed by atoms with Gasteiger partial charge in [0.25, 0.3) is 11.6 Å². The molecule has 3 rings (SSSR count). The molecule has 0 spiro atoms. The first-order valence-corrected chi connectivity index (χ1v) is 9.07. The maximum atomic E-state index is 12.4. The summed E-state index contributed by atoms with van der Waals surface area (Å²) in [5.74, 6) is -0.361. The van der Waals surface area contributed by atoms with Crippen LogP contribution in [0.5, 0.6) is 6.01 Å². The summed E-state index contributed by atoms with van der Waals surface area (Å²) < 4.78 is 5.72. The van der Waals surface area contributed by atoms with Crippen LogP contribution in [0.4, 0.5) is 5.69 Å². The second-order valence-corrected chi connectivity index (χ2v) is 7.02. The Morgan fingerprint density at radius 2 is 1.85 bits per heavy atom. The summed E-state index contributed by atoms with van der Waals surface area (Å²) in [5, 5.41) is 14.3. The van der Waals surface area contributed by atoms with Crippen molar-refractivity contribution in [1.82, 2.24) is 15.3 Å². The lowest BCUT2D eigenvalue weighted by molar-refractivity contribution is -0.384. The molecule has 0 aliphatic heterocycles. The molecule has 0 unspecified atom stereocenters. The Bertz CT molecular complexity index is 839. The molecule has 10 heteroatoms. The molecule has 27 heavy (non-hydrogen) atoms. The van der Waals surface area contributed by atoms with Gasteiger partial charge >= 0.3 is 6.01 Å². The van der Waals surface area contributed by atoms with Crippen molar-refractivity contribution in [2.24, 2.45) is 0 Å². The molecule has 0 saturated heterocycles. The van der Waals surface area contributed by atoms with Crippen molar-refractivity contribution >= 4 is 34.8 Å². The number of halogens is 2. The molecule has 1 amide bonds. The molecule has 1 saturated carbocycles. The van der Waals surface area contributed by atoms with Crippen LogP contribution in [0, 0.1) is 10.1 Å². The number of nitro groups is 1. The summed E-state index contributed by atoms with van der Waals surface area (Å²) in [4.78, 5) is 30.7. The van der Waals surface area contributed by atoms with Gasteiger partial charge in [-0.3, -0.25) is 14.9 Å². The summed E-state index contributed by atoms with van der Waals surface area (Å²) in [6, 6.07) is 4.26. The SMILES string of the molecule is O=C(NC1CCC(Oc2ncc(Cl)cn2)CC1)c1ccc(Cl)c([N+](=O)[O-])c1. The number of ether oxygens (including phenoxy) is 1. The number of hydrogen-bond donors (Lipinski definition) is 1. The first-order chi connectivity index (χ1) is 12.9. The highest BCUT2D eigenvalue weighted by Crippen LogP contribution is 2.26. The van der Waals surface area contributed by atoms with Gasteiger partial charge in [0, 0.05) is 17.7 Å². The predicted molar refractivity (Wildman–Crippen MR) is 99.3 cm³/mol. The number of benzene rings is 1. The van der Waals surface area contributed by atoms with Gasteiger partial charge in [-0.15, -0.1) is 0 Å². The van der Waals surface area contributed by atoms with E-state index in [4.69, 9.17) is 27.9 Å². The Hall–Kier alpha value is -2.45. The zero-order valence-corrected chi connectivity index (χ0v) is 15.6. The first-order valence-electron chi connectivity index (χ1n) is 8.31. The summed E-state index contributed by atoms with van der Waals surface area (Å²) in [6.45, 7) is 0. The van der Waals surface area contributed by atoms with E-state index >= 15 is 0 Å². The lowest BCUT2D eigenvalue weighted by atomic mass is 9.92. The molecule has 0 bridgehead atoms. The van der Waals surface area contributed by atoms with Gasteiger partial charge in [0.15, 0.2) is 0 Å². The molecule has 2 aromatic rings. The van der Waals surface area contributed by atoms with Crippen LogP contribution in [0.15, 0.2) is 30.6 Å². The lowest BCUT2D eigenvalue weighted by Gasteiger charge is -2.28. The van der Waals surface area contributed by atoms with E-state index in [-0.39, 0.29) is 40.3 Å². The number of hydrogen-bond acceptors (Lipinski definition) is 6. The van der Waals surface area contributed by atoms with Crippen molar-refractivity contribution in [2.75, 3.05) is 0 Å². The smallest absolute Gasteiger partial charge is 0.316 e. The van der Waals surface area contributed by atoms with Crippen molar-refractivity contribution in [1.29, 1.82) is 0 Å². The monoisotopic (exact) mass is 410 g/mol. The Balaban J connectivity index is 1.53. The van der Waals surface area contributed by atoms with Crippen LogP contribution in [0.2, 0.25) is 10.0 Å². The first kappa shape index (κ1) is 19.3. The number of nitrogens with zero attached hydrogens (tertiary/aromatic N) is 3. The maximum Gasteiger partial charge on any atom is 0.316 e. The number of rotatable bonds is 5. The van der Waals surface area contributed by atoms with Gasteiger partial charge in [-0.1, -0.05) is 23.2 Å². The zero-order valence-electron chi connectivity index (χ0n) is 14.1. The van der Waals surface area contributed by atoms with Gasteiger partial charge in [0.05, 0.1) is 22.3 Å². The third kappa shape index (κ3) is 5.05. The van der Waals surface area contributed by atoms with Crippen LogP contribution in [0.25, 0.3) is 0 Å². The fraction of sp³-hybridized carbons (Fsp3) is 0.353. The summed E-state index contributed by atoms with van der Waals surface area (Å²) in [6.07, 6.45) is 5.83. The zero-order chi connectivity index (χ0) is 19.4. The van der Waals surface area contributed by atoms with Crippen LogP contribution in [-0.4, -0.2) is 32.9 Å². The number of carbonyl (C=O) groups excluding carboxylic acids is 1. The van der Waals surface area contributed by atoms with E-state index in [1.807, 2.05) is 0 Å². The van der Waals surface area contributed by atoms with E-state index in [0.717, 1.165) is 25.7 Å². The molecule has 8 nitrogen and oxygen atoms in total. The highest BCUT2D eigenvalue weighted by Gasteiger charge is 2.25. The molecule has 1 N–H and O–H groups in total. The minimum absolute atomic E-state index is 0.00127. The second-order valence-electron chi connectivity index (χ2n) is 6.17. The third-order valence-corrected chi connectivity index (χ3v) is 4.80. The average Bonchev–Trinajstić information content (AvgIpc) is 2.65. The van der Waals surface area contributed by atoms with Gasteiger partial charge in [0.2, 0.25) is 0 Å². The highest BCUT2D eigenvalue weighted by molar-refractivity contribution is 6.32. The summed E-state index contributed by atoms with van der Waals surface area (Å²) in [7, 11) is 0. The van der Waals surface area contributed by atoms with E-state index < -0.39 is 4.92 Å². The van der Waals surface area contributed by atoms with Crippen molar-refractivity contribution in [2.45, 2.75) is 37.8 Å². The minimum Gasteiger partial charge on any atom is -0.460 e. The standard InChI is InChI=1S/C17H16Cl2N4O4/c18-11-8-20-17(21-9-11)27-13-4-2-12(3-5-13)22-16(24)10-1-6-14(19)15(7-10)23(25)26/h1,6-9,12-13H,2-5H2,(H,22,24). The molecular weight excluding hydrogens is 395 g/mol. The van der Waals surface area contributed by atoms with Gasteiger partial charge in [-0.05, 0) is 37.8 Å². The minimum atomic E-state index is -0.611. The van der Waals surface area contributed by atoms with Crippen LogP contribution in [0.3, 0.4) is 0 Å².